The molecule has 1 amide bonds. The third-order valence-corrected chi connectivity index (χ3v) is 5.90. The Kier molecular flexibility index (Phi) is 4.30. The Balaban J connectivity index is 1.80. The molecule has 0 bridgehead atoms. The zero-order valence-electron chi connectivity index (χ0n) is 17.3. The molecule has 0 saturated carbocycles. The van der Waals surface area contributed by atoms with Gasteiger partial charge in [-0.3, -0.25) is 9.89 Å². The number of halogens is 1. The molecule has 3 N–H and O–H groups in total. The fraction of sp³-hybridized carbons (Fsp3) is 0.174. The van der Waals surface area contributed by atoms with E-state index in [0.29, 0.717) is 28.1 Å². The highest BCUT2D eigenvalue weighted by Gasteiger charge is 2.62. The van der Waals surface area contributed by atoms with E-state index < -0.39 is 23.1 Å². The topological polar surface area (TPSA) is 111 Å². The number of amides is 1. The van der Waals surface area contributed by atoms with Crippen LogP contribution in [0, 0.1) is 12.7 Å². The van der Waals surface area contributed by atoms with Crippen LogP contribution in [0.1, 0.15) is 22.4 Å². The summed E-state index contributed by atoms with van der Waals surface area (Å²) in [6.07, 6.45) is 0. The molecule has 0 radical (unpaired) electrons. The van der Waals surface area contributed by atoms with Gasteiger partial charge in [0.25, 0.3) is 0 Å². The molecule has 2 aromatic carbocycles. The number of carbonyl (C=O) groups excluding carboxylic acids is 2. The van der Waals surface area contributed by atoms with Crippen molar-refractivity contribution in [3.8, 4) is 5.88 Å². The highest BCUT2D eigenvalue weighted by molar-refractivity contribution is 6.18. The van der Waals surface area contributed by atoms with Gasteiger partial charge in [0.05, 0.1) is 19.2 Å². The third-order valence-electron chi connectivity index (χ3n) is 5.90. The average molecular weight is 434 g/mol. The van der Waals surface area contributed by atoms with Gasteiger partial charge < -0.3 is 20.1 Å². The minimum Gasteiger partial charge on any atom is -0.465 e. The highest BCUT2D eigenvalue weighted by atomic mass is 19.1. The summed E-state index contributed by atoms with van der Waals surface area (Å²) in [4.78, 5) is 28.7. The normalized spacial score (nSPS) is 19.1. The average Bonchev–Trinajstić information content (AvgIpc) is 3.25. The predicted octanol–water partition coefficient (Wildman–Crippen LogP) is 2.43. The molecule has 3 aromatic rings. The van der Waals surface area contributed by atoms with E-state index in [1.807, 2.05) is 0 Å². The van der Waals surface area contributed by atoms with Crippen LogP contribution < -0.4 is 15.4 Å². The maximum atomic E-state index is 14.3. The third kappa shape index (κ3) is 2.51. The van der Waals surface area contributed by atoms with Crippen molar-refractivity contribution < 1.29 is 23.5 Å². The van der Waals surface area contributed by atoms with Gasteiger partial charge in [-0.1, -0.05) is 30.3 Å². The number of fused-ring (bicyclic) bond motifs is 4. The number of nitrogens with two attached hydrogens (primary N) is 1. The molecule has 5 rings (SSSR count). The van der Waals surface area contributed by atoms with Crippen molar-refractivity contribution in [3.05, 3.63) is 88.2 Å². The van der Waals surface area contributed by atoms with Crippen LogP contribution in [0.25, 0.3) is 0 Å². The van der Waals surface area contributed by atoms with Gasteiger partial charge in [-0.15, -0.1) is 5.10 Å². The van der Waals surface area contributed by atoms with Gasteiger partial charge in [-0.05, 0) is 30.7 Å². The number of hydrogen-bond donors (Lipinski definition) is 2. The summed E-state index contributed by atoms with van der Waals surface area (Å²) in [5.41, 5.74) is 7.07. The van der Waals surface area contributed by atoms with Crippen LogP contribution in [0.2, 0.25) is 0 Å². The number of aromatic nitrogens is 2. The number of carbonyl (C=O) groups is 2. The van der Waals surface area contributed by atoms with Gasteiger partial charge in [0.15, 0.2) is 0 Å². The number of H-pyrrole nitrogens is 1. The maximum absolute atomic E-state index is 14.3. The summed E-state index contributed by atoms with van der Waals surface area (Å²) in [6, 6.07) is 13.1. The number of nitrogens with zero attached hydrogens (tertiary/aromatic N) is 2. The molecule has 0 saturated heterocycles. The lowest BCUT2D eigenvalue weighted by molar-refractivity contribution is -0.138. The van der Waals surface area contributed by atoms with E-state index in [9.17, 15) is 14.0 Å². The van der Waals surface area contributed by atoms with E-state index in [1.165, 1.54) is 24.1 Å². The zero-order valence-corrected chi connectivity index (χ0v) is 17.3. The number of esters is 1. The first-order chi connectivity index (χ1) is 15.4. The summed E-state index contributed by atoms with van der Waals surface area (Å²) in [6.45, 7) is 1.83. The van der Waals surface area contributed by atoms with Crippen LogP contribution in [-0.2, 0) is 26.3 Å². The molecule has 0 unspecified atom stereocenters. The number of anilines is 1. The molecule has 2 aliphatic rings. The number of nitrogens with one attached hydrogen (secondary N) is 1. The summed E-state index contributed by atoms with van der Waals surface area (Å²) in [5.74, 6) is -1.77. The molecule has 2 aliphatic heterocycles. The number of methoxy groups -OCH3 is 1. The molecular formula is C23H19FN4O4. The quantitative estimate of drug-likeness (QED) is 0.613. The standard InChI is InChI=1S/C23H19FN4O4/c1-12-17-20(27-26-12)32-19(25)18(21(29)31-2)23(17)15-8-3-4-9-16(15)28(22(23)30)11-13-6-5-7-14(24)10-13/h3-10H,11,25H2,1-2H3,(H,26,27)/t23-/m0/s1. The van der Waals surface area contributed by atoms with Gasteiger partial charge in [0.2, 0.25) is 17.7 Å². The lowest BCUT2D eigenvalue weighted by Crippen LogP contribution is -2.48. The van der Waals surface area contributed by atoms with Gasteiger partial charge in [0, 0.05) is 16.9 Å². The molecule has 162 valence electrons. The Bertz CT molecular complexity index is 1310. The SMILES string of the molecule is COC(=O)C1=C(N)Oc2n[nH]c(C)c2[C@]12C(=O)N(Cc1cccc(F)c1)c1ccccc12. The van der Waals surface area contributed by atoms with Crippen molar-refractivity contribution in [1.82, 2.24) is 10.2 Å². The van der Waals surface area contributed by atoms with Crippen molar-refractivity contribution in [3.63, 3.8) is 0 Å². The Hall–Kier alpha value is -4.14. The first-order valence-corrected chi connectivity index (χ1v) is 9.87. The van der Waals surface area contributed by atoms with Crippen LogP contribution in [0.5, 0.6) is 5.88 Å². The van der Waals surface area contributed by atoms with E-state index >= 15 is 0 Å². The second kappa shape index (κ2) is 6.94. The molecule has 3 heterocycles. The molecule has 8 nitrogen and oxygen atoms in total. The predicted molar refractivity (Wildman–Crippen MR) is 112 cm³/mol. The summed E-state index contributed by atoms with van der Waals surface area (Å²) >= 11 is 0. The second-order valence-electron chi connectivity index (χ2n) is 7.65. The van der Waals surface area contributed by atoms with Crippen LogP contribution in [-0.4, -0.2) is 29.2 Å². The van der Waals surface area contributed by atoms with E-state index in [4.69, 9.17) is 15.2 Å². The number of ether oxygens (including phenoxy) is 2. The Morgan fingerprint density at radius 1 is 1.28 bits per heavy atom. The van der Waals surface area contributed by atoms with E-state index in [0.717, 1.165) is 0 Å². The lowest BCUT2D eigenvalue weighted by atomic mass is 9.68. The van der Waals surface area contributed by atoms with Gasteiger partial charge >= 0.3 is 5.97 Å². The molecule has 1 atom stereocenters. The number of para-hydroxylation sites is 1. The number of aryl methyl sites for hydroxylation is 1. The van der Waals surface area contributed by atoms with Crippen LogP contribution in [0.15, 0.2) is 60.0 Å². The zero-order chi connectivity index (χ0) is 22.6. The number of benzene rings is 2. The van der Waals surface area contributed by atoms with E-state index in [-0.39, 0.29) is 23.9 Å². The smallest absolute Gasteiger partial charge is 0.340 e. The highest BCUT2D eigenvalue weighted by Crippen LogP contribution is 2.56. The second-order valence-corrected chi connectivity index (χ2v) is 7.65. The van der Waals surface area contributed by atoms with Crippen LogP contribution in [0.4, 0.5) is 10.1 Å². The molecule has 9 heteroatoms. The Morgan fingerprint density at radius 2 is 2.06 bits per heavy atom. The van der Waals surface area contributed by atoms with Crippen LogP contribution >= 0.6 is 0 Å². The largest absolute Gasteiger partial charge is 0.465 e. The van der Waals surface area contributed by atoms with E-state index in [1.54, 1.807) is 43.3 Å². The number of aromatic amines is 1. The first kappa shape index (κ1) is 19.8. The first-order valence-electron chi connectivity index (χ1n) is 9.87. The molecule has 1 aromatic heterocycles. The molecule has 1 spiro atoms. The van der Waals surface area contributed by atoms with Gasteiger partial charge in [-0.25, -0.2) is 9.18 Å². The van der Waals surface area contributed by atoms with Crippen molar-refractivity contribution in [2.24, 2.45) is 5.73 Å². The molecule has 32 heavy (non-hydrogen) atoms. The lowest BCUT2D eigenvalue weighted by Gasteiger charge is -2.34. The molecule has 0 aliphatic carbocycles. The molecule has 0 fully saturated rings. The minimum absolute atomic E-state index is 0.0941. The monoisotopic (exact) mass is 434 g/mol. The van der Waals surface area contributed by atoms with E-state index in [2.05, 4.69) is 10.2 Å². The van der Waals surface area contributed by atoms with Gasteiger partial charge in [0.1, 0.15) is 16.8 Å². The maximum Gasteiger partial charge on any atom is 0.340 e. The van der Waals surface area contributed by atoms with Gasteiger partial charge in [-0.2, -0.15) is 0 Å². The summed E-state index contributed by atoms with van der Waals surface area (Å²) in [5, 5.41) is 6.96. The fourth-order valence-electron chi connectivity index (χ4n) is 4.65. The molecular weight excluding hydrogens is 415 g/mol. The Morgan fingerprint density at radius 3 is 2.81 bits per heavy atom. The Labute approximate surface area is 182 Å². The minimum atomic E-state index is -1.62. The van der Waals surface area contributed by atoms with Crippen molar-refractivity contribution in [1.29, 1.82) is 0 Å². The summed E-state index contributed by atoms with van der Waals surface area (Å²) in [7, 11) is 1.21. The summed E-state index contributed by atoms with van der Waals surface area (Å²) < 4.78 is 24.4. The van der Waals surface area contributed by atoms with Crippen LogP contribution in [0.3, 0.4) is 0 Å². The number of hydrogen-bond acceptors (Lipinski definition) is 6. The fourth-order valence-corrected chi connectivity index (χ4v) is 4.65. The van der Waals surface area contributed by atoms with Crippen molar-refractivity contribution >= 4 is 17.6 Å². The van der Waals surface area contributed by atoms with Crippen molar-refractivity contribution in [2.45, 2.75) is 18.9 Å². The van der Waals surface area contributed by atoms with Crippen molar-refractivity contribution in [2.75, 3.05) is 12.0 Å². The number of rotatable bonds is 3.